The van der Waals surface area contributed by atoms with Gasteiger partial charge >= 0.3 is 0 Å². The Bertz CT molecular complexity index is 3800. The van der Waals surface area contributed by atoms with Crippen molar-refractivity contribution in [2.75, 3.05) is 9.80 Å². The number of benzene rings is 8. The van der Waals surface area contributed by atoms with Crippen molar-refractivity contribution in [2.45, 2.75) is 66.2 Å². The van der Waals surface area contributed by atoms with Crippen LogP contribution in [0, 0.1) is 20.8 Å². The Morgan fingerprint density at radius 1 is 0.515 bits per heavy atom. The maximum absolute atomic E-state index is 7.12. The van der Waals surface area contributed by atoms with Crippen LogP contribution in [0.15, 0.2) is 191 Å². The lowest BCUT2D eigenvalue weighted by molar-refractivity contribution is 0.601. The van der Waals surface area contributed by atoms with Gasteiger partial charge < -0.3 is 18.6 Å². The molecule has 8 aromatic carbocycles. The number of furan rings is 2. The molecule has 0 saturated heterocycles. The van der Waals surface area contributed by atoms with Crippen molar-refractivity contribution >= 4 is 72.3 Å². The number of hydrogen-bond acceptors (Lipinski definition) is 4. The van der Waals surface area contributed by atoms with E-state index in [9.17, 15) is 0 Å². The molecule has 2 aliphatic carbocycles. The van der Waals surface area contributed by atoms with E-state index in [1.54, 1.807) is 0 Å². The van der Waals surface area contributed by atoms with Gasteiger partial charge in [-0.1, -0.05) is 150 Å². The van der Waals surface area contributed by atoms with E-state index in [0.717, 1.165) is 89.1 Å². The minimum Gasteiger partial charge on any atom is -0.454 e. The van der Waals surface area contributed by atoms with E-state index < -0.39 is 10.8 Å². The van der Waals surface area contributed by atoms with E-state index in [2.05, 4.69) is 230 Å². The van der Waals surface area contributed by atoms with E-state index in [-0.39, 0.29) is 0 Å². The monoisotopic (exact) mass is 882 g/mol. The number of hydrogen-bond donors (Lipinski definition) is 0. The van der Waals surface area contributed by atoms with Gasteiger partial charge in [-0.3, -0.25) is 0 Å². The molecular formula is C64H54N2O2. The van der Waals surface area contributed by atoms with E-state index in [4.69, 9.17) is 8.83 Å². The molecule has 10 aromatic rings. The quantitative estimate of drug-likeness (QED) is 0.142. The summed E-state index contributed by atoms with van der Waals surface area (Å²) in [6, 6.07) is 52.7. The predicted octanol–water partition coefficient (Wildman–Crippen LogP) is 18.3. The molecule has 12 rings (SSSR count). The summed E-state index contributed by atoms with van der Waals surface area (Å²) in [4.78, 5) is 4.77. The highest BCUT2D eigenvalue weighted by atomic mass is 16.3. The first-order valence-electron chi connectivity index (χ1n) is 23.7. The van der Waals surface area contributed by atoms with Crippen molar-refractivity contribution in [2.24, 2.45) is 0 Å². The molecule has 0 spiro atoms. The van der Waals surface area contributed by atoms with Gasteiger partial charge in [0.05, 0.1) is 11.4 Å². The van der Waals surface area contributed by atoms with E-state index in [0.29, 0.717) is 0 Å². The average Bonchev–Trinajstić information content (AvgIpc) is 4.03. The zero-order valence-corrected chi connectivity index (χ0v) is 40.1. The van der Waals surface area contributed by atoms with Crippen LogP contribution >= 0.6 is 0 Å². The molecule has 0 N–H and O–H groups in total. The Hall–Kier alpha value is -7.82. The van der Waals surface area contributed by atoms with E-state index >= 15 is 0 Å². The number of rotatable bonds is 8. The lowest BCUT2D eigenvalue weighted by Crippen LogP contribution is -2.25. The van der Waals surface area contributed by atoms with Gasteiger partial charge in [-0.15, -0.1) is 0 Å². The third kappa shape index (κ3) is 5.67. The highest BCUT2D eigenvalue weighted by Gasteiger charge is 2.48. The molecule has 2 aliphatic rings. The summed E-state index contributed by atoms with van der Waals surface area (Å²) in [6.45, 7) is 27.0. The van der Waals surface area contributed by atoms with Crippen molar-refractivity contribution in [3.8, 4) is 22.3 Å². The van der Waals surface area contributed by atoms with Gasteiger partial charge in [0, 0.05) is 55.1 Å². The summed E-state index contributed by atoms with van der Waals surface area (Å²) < 4.78 is 14.2. The zero-order valence-electron chi connectivity index (χ0n) is 40.1. The van der Waals surface area contributed by atoms with Gasteiger partial charge in [0.15, 0.2) is 11.2 Å². The van der Waals surface area contributed by atoms with E-state index in [1.807, 2.05) is 6.08 Å². The van der Waals surface area contributed by atoms with Crippen molar-refractivity contribution in [3.63, 3.8) is 0 Å². The van der Waals surface area contributed by atoms with Crippen molar-refractivity contribution in [1.29, 1.82) is 0 Å². The summed E-state index contributed by atoms with van der Waals surface area (Å²) in [7, 11) is 0. The molecule has 68 heavy (non-hydrogen) atoms. The first-order valence-corrected chi connectivity index (χ1v) is 23.7. The van der Waals surface area contributed by atoms with Crippen LogP contribution in [-0.2, 0) is 10.8 Å². The smallest absolute Gasteiger partial charge is 0.160 e. The first kappa shape index (κ1) is 41.6. The fourth-order valence-corrected chi connectivity index (χ4v) is 12.0. The number of para-hydroxylation sites is 5. The number of fused-ring (bicyclic) bond motifs is 15. The Balaban J connectivity index is 1.17. The third-order valence-electron chi connectivity index (χ3n) is 15.1. The van der Waals surface area contributed by atoms with Crippen molar-refractivity contribution in [1.82, 2.24) is 0 Å². The predicted molar refractivity (Wildman–Crippen MR) is 287 cm³/mol. The molecular weight excluding hydrogens is 829 g/mol. The lowest BCUT2D eigenvalue weighted by Gasteiger charge is -2.33. The Morgan fingerprint density at radius 2 is 0.926 bits per heavy atom. The van der Waals surface area contributed by atoms with Crippen LogP contribution in [0.25, 0.3) is 66.1 Å². The molecule has 0 saturated carbocycles. The van der Waals surface area contributed by atoms with Gasteiger partial charge in [-0.05, 0) is 143 Å². The molecule has 0 radical (unpaired) electrons. The van der Waals surface area contributed by atoms with Crippen molar-refractivity contribution < 1.29 is 8.83 Å². The molecule has 0 unspecified atom stereocenters. The largest absolute Gasteiger partial charge is 0.454 e. The zero-order chi connectivity index (χ0) is 47.0. The molecule has 4 heteroatoms. The molecule has 4 nitrogen and oxygen atoms in total. The maximum atomic E-state index is 7.12. The minimum absolute atomic E-state index is 0.410. The van der Waals surface area contributed by atoms with Crippen LogP contribution in [0.5, 0.6) is 0 Å². The van der Waals surface area contributed by atoms with Crippen LogP contribution in [0.3, 0.4) is 0 Å². The fourth-order valence-electron chi connectivity index (χ4n) is 12.0. The summed E-state index contributed by atoms with van der Waals surface area (Å²) >= 11 is 0. The van der Waals surface area contributed by atoms with Crippen molar-refractivity contribution in [3.05, 3.63) is 221 Å². The highest BCUT2D eigenvalue weighted by Crippen LogP contribution is 2.64. The van der Waals surface area contributed by atoms with Gasteiger partial charge in [-0.2, -0.15) is 0 Å². The van der Waals surface area contributed by atoms with Gasteiger partial charge in [0.2, 0.25) is 0 Å². The van der Waals surface area contributed by atoms with Crippen LogP contribution in [0.4, 0.5) is 28.4 Å². The normalized spacial score (nSPS) is 14.3. The summed E-state index contributed by atoms with van der Waals surface area (Å²) in [5.41, 5.74) is 23.7. The molecule has 332 valence electrons. The van der Waals surface area contributed by atoms with Gasteiger partial charge in [0.25, 0.3) is 0 Å². The second-order valence-corrected chi connectivity index (χ2v) is 20.0. The maximum Gasteiger partial charge on any atom is 0.160 e. The standard InChI is InChI=1S/C64H54N2O2/c1-11-22-47(37(2)3)65(48-28-17-12-23-38(48)4)51-35-45-55(57-41-26-15-20-31-53(41)67-61(51)57)43-33-34-44-56-46(64(9,10)60(44)59(43)63(45,7)8)36-52(62-58(56)42-27-16-21-32-54(42)68-62)66(49-29-18-13-24-39(49)5)50-30-19-14-25-40(50)6/h11-36H,1-2H2,3-10H3/b47-22+. The second kappa shape index (κ2) is 14.8. The number of aryl methyl sites for hydroxylation is 3. The summed E-state index contributed by atoms with van der Waals surface area (Å²) in [5.74, 6) is 0. The highest BCUT2D eigenvalue weighted by molar-refractivity contribution is 6.22. The molecule has 2 aromatic heterocycles. The fraction of sp³-hybridized carbons (Fsp3) is 0.156. The Kier molecular flexibility index (Phi) is 9.08. The van der Waals surface area contributed by atoms with Crippen LogP contribution in [0.1, 0.15) is 73.6 Å². The second-order valence-electron chi connectivity index (χ2n) is 20.0. The summed E-state index contributed by atoms with van der Waals surface area (Å²) in [6.07, 6.45) is 3.92. The molecule has 0 atom stereocenters. The number of anilines is 5. The molecule has 0 bridgehead atoms. The average molecular weight is 883 g/mol. The third-order valence-corrected chi connectivity index (χ3v) is 15.1. The van der Waals surface area contributed by atoms with Gasteiger partial charge in [-0.25, -0.2) is 0 Å². The van der Waals surface area contributed by atoms with E-state index in [1.165, 1.54) is 55.6 Å². The van der Waals surface area contributed by atoms with Crippen LogP contribution in [0.2, 0.25) is 0 Å². The number of nitrogens with zero attached hydrogens (tertiary/aromatic N) is 2. The van der Waals surface area contributed by atoms with Crippen LogP contribution < -0.4 is 9.80 Å². The lowest BCUT2D eigenvalue weighted by atomic mass is 9.72. The first-order chi connectivity index (χ1) is 32.8. The minimum atomic E-state index is -0.422. The van der Waals surface area contributed by atoms with Crippen LogP contribution in [-0.4, -0.2) is 0 Å². The Labute approximate surface area is 398 Å². The SMILES string of the molecule is C=C/C=C(\C(=C)C)N(c1ccccc1C)c1cc2c(c3c1oc1ccccc13)-c1ccc3c(c1C2(C)C)C(C)(C)c1cc(N(c2ccccc2C)c2ccccc2C)c2oc4ccccc4c2c1-3. The topological polar surface area (TPSA) is 32.8 Å². The Morgan fingerprint density at radius 3 is 1.38 bits per heavy atom. The molecule has 2 heterocycles. The molecule has 0 aliphatic heterocycles. The number of allylic oxidation sites excluding steroid dienone is 3. The summed E-state index contributed by atoms with van der Waals surface area (Å²) in [5, 5.41) is 4.51. The molecule has 0 amide bonds. The molecule has 0 fully saturated rings. The van der Waals surface area contributed by atoms with Gasteiger partial charge in [0.1, 0.15) is 11.2 Å².